The van der Waals surface area contributed by atoms with Crippen molar-refractivity contribution in [2.45, 2.75) is 19.8 Å². The monoisotopic (exact) mass is 245 g/mol. The lowest BCUT2D eigenvalue weighted by molar-refractivity contribution is -0.138. The highest BCUT2D eigenvalue weighted by atomic mass is 16.5. The fourth-order valence-corrected chi connectivity index (χ4v) is 1.88. The van der Waals surface area contributed by atoms with E-state index in [9.17, 15) is 4.79 Å². The van der Waals surface area contributed by atoms with Crippen LogP contribution < -0.4 is 4.74 Å². The highest BCUT2D eigenvalue weighted by Gasteiger charge is 2.16. The van der Waals surface area contributed by atoms with Crippen molar-refractivity contribution in [2.75, 3.05) is 7.11 Å². The number of rotatable bonds is 3. The second-order valence-electron chi connectivity index (χ2n) is 4.31. The van der Waals surface area contributed by atoms with E-state index in [4.69, 9.17) is 9.84 Å². The lowest BCUT2D eigenvalue weighted by Crippen LogP contribution is -2.09. The quantitative estimate of drug-likeness (QED) is 0.903. The molecule has 0 saturated heterocycles. The molecule has 0 saturated carbocycles. The minimum absolute atomic E-state index is 0.572. The summed E-state index contributed by atoms with van der Waals surface area (Å²) in [5.74, 6) is -0.690. The number of fused-ring (bicyclic) bond motifs is 1. The van der Waals surface area contributed by atoms with Crippen molar-refractivity contribution >= 4 is 16.9 Å². The first-order chi connectivity index (χ1) is 8.52. The molecule has 1 atom stereocenters. The fraction of sp³-hybridized carbons (Fsp3) is 0.286. The Morgan fingerprint density at radius 1 is 1.39 bits per heavy atom. The third kappa shape index (κ3) is 2.14. The Hall–Kier alpha value is -2.10. The number of pyridine rings is 1. The Kier molecular flexibility index (Phi) is 3.19. The normalized spacial score (nSPS) is 12.4. The number of nitrogens with zero attached hydrogens (tertiary/aromatic N) is 1. The predicted molar refractivity (Wildman–Crippen MR) is 69.1 cm³/mol. The van der Waals surface area contributed by atoms with Gasteiger partial charge in [0.15, 0.2) is 0 Å². The summed E-state index contributed by atoms with van der Waals surface area (Å²) in [5.41, 5.74) is 2.37. The molecule has 0 radical (unpaired) electrons. The van der Waals surface area contributed by atoms with Crippen molar-refractivity contribution in [3.8, 4) is 5.75 Å². The van der Waals surface area contributed by atoms with Gasteiger partial charge in [0.05, 0.1) is 24.2 Å². The van der Waals surface area contributed by atoms with Gasteiger partial charge in [0.25, 0.3) is 0 Å². The molecule has 18 heavy (non-hydrogen) atoms. The van der Waals surface area contributed by atoms with Crippen molar-refractivity contribution in [1.29, 1.82) is 0 Å². The molecule has 1 aromatic carbocycles. The number of aromatic nitrogens is 1. The van der Waals surface area contributed by atoms with E-state index >= 15 is 0 Å². The van der Waals surface area contributed by atoms with Crippen LogP contribution in [0.5, 0.6) is 5.75 Å². The van der Waals surface area contributed by atoms with Crippen LogP contribution in [0.25, 0.3) is 10.9 Å². The van der Waals surface area contributed by atoms with Gasteiger partial charge in [0.2, 0.25) is 0 Å². The van der Waals surface area contributed by atoms with Gasteiger partial charge in [0.1, 0.15) is 5.75 Å². The zero-order valence-corrected chi connectivity index (χ0v) is 10.6. The Labute approximate surface area is 105 Å². The van der Waals surface area contributed by atoms with E-state index in [1.807, 2.05) is 25.1 Å². The van der Waals surface area contributed by atoms with Crippen LogP contribution in [-0.4, -0.2) is 23.2 Å². The fourth-order valence-electron chi connectivity index (χ4n) is 1.88. The second kappa shape index (κ2) is 4.64. The number of hydrogen-bond acceptors (Lipinski definition) is 3. The van der Waals surface area contributed by atoms with Gasteiger partial charge in [0, 0.05) is 5.39 Å². The minimum Gasteiger partial charge on any atom is -0.497 e. The van der Waals surface area contributed by atoms with E-state index in [1.54, 1.807) is 20.1 Å². The molecule has 1 unspecified atom stereocenters. The standard InChI is InChI=1S/C14H15NO3/c1-8-6-11(18-3)7-10-4-5-12(15-13(8)10)9(2)14(16)17/h4-7,9H,1-3H3,(H,16,17). The van der Waals surface area contributed by atoms with Crippen molar-refractivity contribution in [3.05, 3.63) is 35.5 Å². The van der Waals surface area contributed by atoms with Crippen LogP contribution in [0.4, 0.5) is 0 Å². The molecule has 0 aliphatic rings. The number of methoxy groups -OCH3 is 1. The summed E-state index contributed by atoms with van der Waals surface area (Å²) in [6.45, 7) is 3.57. The maximum atomic E-state index is 11.0. The van der Waals surface area contributed by atoms with Gasteiger partial charge in [-0.15, -0.1) is 0 Å². The summed E-state index contributed by atoms with van der Waals surface area (Å²) < 4.78 is 5.20. The molecule has 94 valence electrons. The van der Waals surface area contributed by atoms with Gasteiger partial charge in [-0.3, -0.25) is 9.78 Å². The topological polar surface area (TPSA) is 59.4 Å². The number of ether oxygens (including phenoxy) is 1. The molecule has 0 aliphatic carbocycles. The lowest BCUT2D eigenvalue weighted by Gasteiger charge is -2.10. The Bertz CT molecular complexity index is 607. The highest BCUT2D eigenvalue weighted by molar-refractivity contribution is 5.84. The van der Waals surface area contributed by atoms with Crippen molar-refractivity contribution in [2.24, 2.45) is 0 Å². The zero-order valence-electron chi connectivity index (χ0n) is 10.6. The van der Waals surface area contributed by atoms with Crippen LogP contribution in [-0.2, 0) is 4.79 Å². The Balaban J connectivity index is 2.58. The molecule has 0 spiro atoms. The van der Waals surface area contributed by atoms with E-state index in [1.165, 1.54) is 0 Å². The lowest BCUT2D eigenvalue weighted by atomic mass is 10.0. The van der Waals surface area contributed by atoms with Gasteiger partial charge in [-0.1, -0.05) is 6.07 Å². The van der Waals surface area contributed by atoms with Crippen molar-refractivity contribution in [3.63, 3.8) is 0 Å². The molecule has 1 N–H and O–H groups in total. The van der Waals surface area contributed by atoms with E-state index in [2.05, 4.69) is 4.98 Å². The molecule has 1 heterocycles. The largest absolute Gasteiger partial charge is 0.497 e. The van der Waals surface area contributed by atoms with Gasteiger partial charge in [-0.05, 0) is 37.6 Å². The number of carboxylic acid groups (broad SMARTS) is 1. The van der Waals surface area contributed by atoms with Crippen LogP contribution in [0.1, 0.15) is 24.1 Å². The molecule has 2 rings (SSSR count). The van der Waals surface area contributed by atoms with Gasteiger partial charge >= 0.3 is 5.97 Å². The van der Waals surface area contributed by atoms with Gasteiger partial charge < -0.3 is 9.84 Å². The number of benzene rings is 1. The second-order valence-corrected chi connectivity index (χ2v) is 4.31. The number of aliphatic carboxylic acids is 1. The summed E-state index contributed by atoms with van der Waals surface area (Å²) in [6.07, 6.45) is 0. The summed E-state index contributed by atoms with van der Waals surface area (Å²) >= 11 is 0. The van der Waals surface area contributed by atoms with Gasteiger partial charge in [-0.25, -0.2) is 0 Å². The molecular formula is C14H15NO3. The Morgan fingerprint density at radius 2 is 2.11 bits per heavy atom. The van der Waals surface area contributed by atoms with Crippen molar-refractivity contribution in [1.82, 2.24) is 4.98 Å². The SMILES string of the molecule is COc1cc(C)c2nc(C(C)C(=O)O)ccc2c1. The first-order valence-corrected chi connectivity index (χ1v) is 5.71. The molecule has 4 heteroatoms. The maximum absolute atomic E-state index is 11.0. The number of carbonyl (C=O) groups is 1. The summed E-state index contributed by atoms with van der Waals surface area (Å²) in [7, 11) is 1.62. The minimum atomic E-state index is -0.868. The molecule has 0 amide bonds. The highest BCUT2D eigenvalue weighted by Crippen LogP contribution is 2.25. The molecule has 0 fully saturated rings. The van der Waals surface area contributed by atoms with E-state index in [0.29, 0.717) is 5.69 Å². The molecular weight excluding hydrogens is 230 g/mol. The zero-order chi connectivity index (χ0) is 13.3. The maximum Gasteiger partial charge on any atom is 0.312 e. The van der Waals surface area contributed by atoms with Crippen LogP contribution in [0.15, 0.2) is 24.3 Å². The summed E-state index contributed by atoms with van der Waals surface area (Å²) in [6, 6.07) is 7.42. The first-order valence-electron chi connectivity index (χ1n) is 5.71. The van der Waals surface area contributed by atoms with Crippen LogP contribution in [0.3, 0.4) is 0 Å². The molecule has 2 aromatic rings. The molecule has 0 bridgehead atoms. The molecule has 1 aromatic heterocycles. The van der Waals surface area contributed by atoms with E-state index in [-0.39, 0.29) is 0 Å². The molecule has 0 aliphatic heterocycles. The average molecular weight is 245 g/mol. The third-order valence-electron chi connectivity index (χ3n) is 3.03. The predicted octanol–water partition coefficient (Wildman–Crippen LogP) is 2.74. The Morgan fingerprint density at radius 3 is 2.72 bits per heavy atom. The van der Waals surface area contributed by atoms with Gasteiger partial charge in [-0.2, -0.15) is 0 Å². The molecule has 4 nitrogen and oxygen atoms in total. The average Bonchev–Trinajstić information content (AvgIpc) is 2.37. The first kappa shape index (κ1) is 12.4. The summed E-state index contributed by atoms with van der Waals surface area (Å²) in [5, 5.41) is 9.95. The number of carboxylic acids is 1. The van der Waals surface area contributed by atoms with E-state index in [0.717, 1.165) is 22.2 Å². The van der Waals surface area contributed by atoms with Crippen LogP contribution >= 0.6 is 0 Å². The van der Waals surface area contributed by atoms with E-state index < -0.39 is 11.9 Å². The van der Waals surface area contributed by atoms with Crippen molar-refractivity contribution < 1.29 is 14.6 Å². The smallest absolute Gasteiger partial charge is 0.312 e. The van der Waals surface area contributed by atoms with Crippen LogP contribution in [0.2, 0.25) is 0 Å². The number of aryl methyl sites for hydroxylation is 1. The van der Waals surface area contributed by atoms with Crippen LogP contribution in [0, 0.1) is 6.92 Å². The summed E-state index contributed by atoms with van der Waals surface area (Å²) in [4.78, 5) is 15.4. The third-order valence-corrected chi connectivity index (χ3v) is 3.03. The number of hydrogen-bond donors (Lipinski definition) is 1.